The smallest absolute Gasteiger partial charge is 0.332 e. The van der Waals surface area contributed by atoms with Gasteiger partial charge in [-0.25, -0.2) is 4.79 Å². The molecule has 1 aliphatic heterocycles. The molecular weight excluding hydrogens is 346 g/mol. The first-order valence-electron chi connectivity index (χ1n) is 9.06. The number of nitrogens with zero attached hydrogens (tertiary/aromatic N) is 5. The highest BCUT2D eigenvalue weighted by atomic mass is 16.5. The number of aromatic nitrogens is 4. The molecule has 0 spiro atoms. The van der Waals surface area contributed by atoms with Gasteiger partial charge in [-0.05, 0) is 25.0 Å². The van der Waals surface area contributed by atoms with Crippen LogP contribution in [0.15, 0.2) is 33.9 Å². The van der Waals surface area contributed by atoms with E-state index in [1.807, 2.05) is 16.7 Å². The lowest BCUT2D eigenvalue weighted by Gasteiger charge is -2.30. The molecule has 4 rings (SSSR count). The average Bonchev–Trinajstić information content (AvgIpc) is 3.07. The highest BCUT2D eigenvalue weighted by Gasteiger charge is 2.27. The minimum Gasteiger partial charge on any atom is -0.383 e. The predicted molar refractivity (Wildman–Crippen MR) is 104 cm³/mol. The lowest BCUT2D eigenvalue weighted by molar-refractivity contribution is 0.184. The van der Waals surface area contributed by atoms with Gasteiger partial charge in [-0.3, -0.25) is 13.9 Å². The van der Waals surface area contributed by atoms with E-state index in [0.29, 0.717) is 30.3 Å². The van der Waals surface area contributed by atoms with E-state index in [4.69, 9.17) is 9.72 Å². The number of imidazole rings is 1. The molecule has 3 aromatic rings. The Morgan fingerprint density at radius 3 is 2.70 bits per heavy atom. The van der Waals surface area contributed by atoms with E-state index in [2.05, 4.69) is 24.0 Å². The fraction of sp³-hybridized carbons (Fsp3) is 0.421. The topological polar surface area (TPSA) is 74.3 Å². The minimum absolute atomic E-state index is 0.222. The van der Waals surface area contributed by atoms with Crippen molar-refractivity contribution in [3.05, 3.63) is 50.7 Å². The number of aryl methyl sites for hydroxylation is 3. The number of methoxy groups -OCH3 is 1. The molecule has 0 fully saturated rings. The van der Waals surface area contributed by atoms with E-state index in [1.165, 1.54) is 9.13 Å². The Kier molecular flexibility index (Phi) is 4.35. The molecule has 0 radical (unpaired) electrons. The number of ether oxygens (including phenoxy) is 1. The van der Waals surface area contributed by atoms with Gasteiger partial charge in [-0.2, -0.15) is 4.98 Å². The fourth-order valence-electron chi connectivity index (χ4n) is 3.74. The van der Waals surface area contributed by atoms with Crippen molar-refractivity contribution in [1.29, 1.82) is 0 Å². The number of hydrogen-bond donors (Lipinski definition) is 0. The number of anilines is 2. The van der Waals surface area contributed by atoms with E-state index in [-0.39, 0.29) is 17.8 Å². The molecule has 0 N–H and O–H groups in total. The molecule has 2 aromatic heterocycles. The van der Waals surface area contributed by atoms with Crippen LogP contribution in [-0.4, -0.2) is 38.9 Å². The number of hydrogen-bond acceptors (Lipinski definition) is 5. The van der Waals surface area contributed by atoms with Crippen molar-refractivity contribution in [2.45, 2.75) is 26.4 Å². The maximum atomic E-state index is 13.1. The Balaban J connectivity index is 1.97. The van der Waals surface area contributed by atoms with Crippen molar-refractivity contribution in [2.75, 3.05) is 25.2 Å². The molecule has 142 valence electrons. The number of benzene rings is 1. The Bertz CT molecular complexity index is 1120. The van der Waals surface area contributed by atoms with Crippen molar-refractivity contribution < 1.29 is 4.74 Å². The second kappa shape index (κ2) is 6.70. The molecule has 0 aliphatic carbocycles. The quantitative estimate of drug-likeness (QED) is 0.695. The first kappa shape index (κ1) is 17.5. The van der Waals surface area contributed by atoms with E-state index >= 15 is 0 Å². The molecule has 0 atom stereocenters. The van der Waals surface area contributed by atoms with E-state index in [0.717, 1.165) is 24.2 Å². The molecule has 0 saturated carbocycles. The summed E-state index contributed by atoms with van der Waals surface area (Å²) in [5.41, 5.74) is 2.43. The van der Waals surface area contributed by atoms with Gasteiger partial charge in [-0.15, -0.1) is 0 Å². The van der Waals surface area contributed by atoms with Crippen LogP contribution < -0.4 is 16.1 Å². The van der Waals surface area contributed by atoms with Crippen LogP contribution in [0.4, 0.5) is 11.6 Å². The summed E-state index contributed by atoms with van der Waals surface area (Å²) in [6.45, 7) is 4.10. The molecule has 27 heavy (non-hydrogen) atoms. The second-order valence-corrected chi connectivity index (χ2v) is 6.82. The summed E-state index contributed by atoms with van der Waals surface area (Å²) in [6.07, 6.45) is 0.896. The van der Waals surface area contributed by atoms with Crippen LogP contribution in [0.2, 0.25) is 0 Å². The molecule has 0 bridgehead atoms. The van der Waals surface area contributed by atoms with Gasteiger partial charge in [0.05, 0.1) is 13.2 Å². The van der Waals surface area contributed by atoms with Gasteiger partial charge in [0.1, 0.15) is 0 Å². The summed E-state index contributed by atoms with van der Waals surface area (Å²) < 4.78 is 9.67. The number of para-hydroxylation sites is 1. The number of rotatable bonds is 4. The molecule has 8 nitrogen and oxygen atoms in total. The number of fused-ring (bicyclic) bond motifs is 3. The van der Waals surface area contributed by atoms with Crippen molar-refractivity contribution in [2.24, 2.45) is 7.05 Å². The third-order valence-corrected chi connectivity index (χ3v) is 5.14. The maximum Gasteiger partial charge on any atom is 0.332 e. The molecule has 0 unspecified atom stereocenters. The Labute approximate surface area is 156 Å². The third-order valence-electron chi connectivity index (χ3n) is 5.14. The van der Waals surface area contributed by atoms with Crippen LogP contribution in [0.25, 0.3) is 11.2 Å². The van der Waals surface area contributed by atoms with Gasteiger partial charge in [0.15, 0.2) is 11.2 Å². The summed E-state index contributed by atoms with van der Waals surface area (Å²) in [6, 6.07) is 8.12. The van der Waals surface area contributed by atoms with Gasteiger partial charge in [-0.1, -0.05) is 18.2 Å². The van der Waals surface area contributed by atoms with Crippen LogP contribution in [0.3, 0.4) is 0 Å². The second-order valence-electron chi connectivity index (χ2n) is 6.82. The Morgan fingerprint density at radius 1 is 1.19 bits per heavy atom. The molecule has 0 saturated heterocycles. The summed E-state index contributed by atoms with van der Waals surface area (Å²) in [4.78, 5) is 32.5. The average molecular weight is 369 g/mol. The standard InChI is InChI=1S/C19H23N5O3/c1-13-7-4-5-8-14(13)22-9-6-10-23-15-16(20-18(22)23)21(2)19(26)24(17(15)25)11-12-27-3/h4-5,7-8H,6,9-12H2,1-3H3. The Hall–Kier alpha value is -2.87. The van der Waals surface area contributed by atoms with Crippen LogP contribution >= 0.6 is 0 Å². The van der Waals surface area contributed by atoms with Gasteiger partial charge in [0.2, 0.25) is 5.95 Å². The highest BCUT2D eigenvalue weighted by Crippen LogP contribution is 2.32. The van der Waals surface area contributed by atoms with Crippen molar-refractivity contribution in [3.8, 4) is 0 Å². The lowest BCUT2D eigenvalue weighted by atomic mass is 10.1. The zero-order valence-corrected chi connectivity index (χ0v) is 15.8. The van der Waals surface area contributed by atoms with Gasteiger partial charge in [0.25, 0.3) is 5.56 Å². The monoisotopic (exact) mass is 369 g/mol. The highest BCUT2D eigenvalue weighted by molar-refractivity contribution is 5.77. The van der Waals surface area contributed by atoms with Gasteiger partial charge >= 0.3 is 5.69 Å². The molecule has 1 aliphatic rings. The summed E-state index contributed by atoms with van der Waals surface area (Å²) in [5.74, 6) is 0.710. The van der Waals surface area contributed by atoms with Crippen LogP contribution in [0.1, 0.15) is 12.0 Å². The van der Waals surface area contributed by atoms with E-state index < -0.39 is 0 Å². The molecule has 3 heterocycles. The van der Waals surface area contributed by atoms with Crippen molar-refractivity contribution >= 4 is 22.8 Å². The van der Waals surface area contributed by atoms with Gasteiger partial charge < -0.3 is 14.2 Å². The zero-order chi connectivity index (χ0) is 19.1. The van der Waals surface area contributed by atoms with Crippen molar-refractivity contribution in [1.82, 2.24) is 18.7 Å². The predicted octanol–water partition coefficient (Wildman–Crippen LogP) is 1.39. The summed E-state index contributed by atoms with van der Waals surface area (Å²) >= 11 is 0. The summed E-state index contributed by atoms with van der Waals surface area (Å²) in [5, 5.41) is 0. The minimum atomic E-state index is -0.373. The normalized spacial score (nSPS) is 14.0. The van der Waals surface area contributed by atoms with Crippen LogP contribution in [0.5, 0.6) is 0 Å². The molecular formula is C19H23N5O3. The largest absolute Gasteiger partial charge is 0.383 e. The fourth-order valence-corrected chi connectivity index (χ4v) is 3.74. The van der Waals surface area contributed by atoms with E-state index in [9.17, 15) is 9.59 Å². The first-order chi connectivity index (χ1) is 13.0. The van der Waals surface area contributed by atoms with Crippen LogP contribution in [-0.2, 0) is 24.9 Å². The van der Waals surface area contributed by atoms with E-state index in [1.54, 1.807) is 14.2 Å². The zero-order valence-electron chi connectivity index (χ0n) is 15.8. The molecule has 0 amide bonds. The SMILES string of the molecule is COCCn1c(=O)c2c(nc3n2CCCN3c2ccccc2C)n(C)c1=O. The Morgan fingerprint density at radius 2 is 1.96 bits per heavy atom. The molecule has 1 aromatic carbocycles. The lowest BCUT2D eigenvalue weighted by Crippen LogP contribution is -2.40. The third kappa shape index (κ3) is 2.68. The molecule has 8 heteroatoms. The van der Waals surface area contributed by atoms with Crippen molar-refractivity contribution in [3.63, 3.8) is 0 Å². The van der Waals surface area contributed by atoms with Crippen LogP contribution in [0, 0.1) is 6.92 Å². The maximum absolute atomic E-state index is 13.1. The first-order valence-corrected chi connectivity index (χ1v) is 9.06. The van der Waals surface area contributed by atoms with Gasteiger partial charge in [0, 0.05) is 32.9 Å². The summed E-state index contributed by atoms with van der Waals surface area (Å²) in [7, 11) is 3.21.